The molecule has 1 aliphatic rings. The lowest BCUT2D eigenvalue weighted by atomic mass is 10.0. The number of amides is 1. The molecule has 0 fully saturated rings. The Hall–Kier alpha value is -2.50. The van der Waals surface area contributed by atoms with Crippen LogP contribution in [0.1, 0.15) is 50.9 Å². The van der Waals surface area contributed by atoms with Gasteiger partial charge in [-0.05, 0) is 51.8 Å². The molecule has 0 bridgehead atoms. The van der Waals surface area contributed by atoms with E-state index in [9.17, 15) is 4.79 Å². The fourth-order valence-corrected chi connectivity index (χ4v) is 3.67. The fourth-order valence-electron chi connectivity index (χ4n) is 3.67. The number of aryl methyl sites for hydroxylation is 1. The van der Waals surface area contributed by atoms with Crippen molar-refractivity contribution in [2.24, 2.45) is 0 Å². The number of carbonyl (C=O) groups excluding carboxylic acids is 1. The van der Waals surface area contributed by atoms with E-state index in [1.807, 2.05) is 36.2 Å². The molecule has 0 radical (unpaired) electrons. The van der Waals surface area contributed by atoms with Crippen LogP contribution in [0.2, 0.25) is 0 Å². The van der Waals surface area contributed by atoms with Gasteiger partial charge in [-0.25, -0.2) is 0 Å². The summed E-state index contributed by atoms with van der Waals surface area (Å²) in [4.78, 5) is 14.7. The molecule has 0 saturated heterocycles. The van der Waals surface area contributed by atoms with Gasteiger partial charge in [-0.1, -0.05) is 6.07 Å². The number of benzene rings is 1. The van der Waals surface area contributed by atoms with Crippen LogP contribution in [0.4, 0.5) is 0 Å². The normalized spacial score (nSPS) is 14.0. The quantitative estimate of drug-likeness (QED) is 0.763. The third-order valence-corrected chi connectivity index (χ3v) is 5.08. The van der Waals surface area contributed by atoms with Crippen molar-refractivity contribution in [1.82, 2.24) is 14.7 Å². The maximum absolute atomic E-state index is 12.8. The molecule has 0 spiro atoms. The van der Waals surface area contributed by atoms with Crippen molar-refractivity contribution < 1.29 is 14.3 Å². The number of fused-ring (bicyclic) bond motifs is 1. The Balaban J connectivity index is 1.61. The highest BCUT2D eigenvalue weighted by Gasteiger charge is 2.27. The molecular weight excluding hydrogens is 354 g/mol. The second kappa shape index (κ2) is 8.25. The summed E-state index contributed by atoms with van der Waals surface area (Å²) in [6, 6.07) is 5.87. The molecule has 0 atom stereocenters. The Bertz CT molecular complexity index is 836. The molecule has 2 aromatic rings. The summed E-state index contributed by atoms with van der Waals surface area (Å²) in [5.41, 5.74) is 3.46. The minimum atomic E-state index is -0.0352. The van der Waals surface area contributed by atoms with Crippen LogP contribution in [-0.4, -0.2) is 40.8 Å². The average molecular weight is 386 g/mol. The number of rotatable bonds is 6. The van der Waals surface area contributed by atoms with Crippen molar-refractivity contribution >= 4 is 5.91 Å². The van der Waals surface area contributed by atoms with Gasteiger partial charge in [0.2, 0.25) is 5.91 Å². The summed E-state index contributed by atoms with van der Waals surface area (Å²) in [6.07, 6.45) is 3.94. The van der Waals surface area contributed by atoms with Crippen molar-refractivity contribution in [3.05, 3.63) is 41.2 Å². The fraction of sp³-hybridized carbons (Fsp3) is 0.545. The molecule has 3 rings (SSSR count). The first-order valence-corrected chi connectivity index (χ1v) is 9.97. The van der Waals surface area contributed by atoms with Gasteiger partial charge in [-0.2, -0.15) is 5.10 Å². The van der Waals surface area contributed by atoms with Gasteiger partial charge in [-0.3, -0.25) is 9.48 Å². The highest BCUT2D eigenvalue weighted by Crippen LogP contribution is 2.29. The molecule has 1 aliphatic heterocycles. The largest absolute Gasteiger partial charge is 0.493 e. The third-order valence-electron chi connectivity index (χ3n) is 5.08. The Labute approximate surface area is 167 Å². The molecule has 6 heteroatoms. The number of carbonyl (C=O) groups is 1. The number of aromatic nitrogens is 2. The van der Waals surface area contributed by atoms with Gasteiger partial charge >= 0.3 is 0 Å². The number of methoxy groups -OCH3 is 1. The van der Waals surface area contributed by atoms with Crippen LogP contribution in [0, 0.1) is 0 Å². The second-order valence-electron chi connectivity index (χ2n) is 8.18. The van der Waals surface area contributed by atoms with Crippen LogP contribution in [0.15, 0.2) is 24.4 Å². The van der Waals surface area contributed by atoms with E-state index in [1.54, 1.807) is 7.11 Å². The van der Waals surface area contributed by atoms with E-state index in [0.717, 1.165) is 29.8 Å². The number of hydrogen-bond acceptors (Lipinski definition) is 4. The van der Waals surface area contributed by atoms with Crippen molar-refractivity contribution in [3.63, 3.8) is 0 Å². The molecule has 1 aromatic carbocycles. The smallest absolute Gasteiger partial charge is 0.223 e. The zero-order chi connectivity index (χ0) is 20.3. The average Bonchev–Trinajstić information content (AvgIpc) is 3.10. The van der Waals surface area contributed by atoms with Crippen LogP contribution in [0.5, 0.6) is 11.5 Å². The molecule has 0 N–H and O–H groups in total. The SMILES string of the molecule is CCOc1ccc(CCC(=O)N2CCc3c(cnn3C(C)(C)C)C2)cc1OC. The van der Waals surface area contributed by atoms with Gasteiger partial charge in [0.1, 0.15) is 0 Å². The van der Waals surface area contributed by atoms with Crippen molar-refractivity contribution in [3.8, 4) is 11.5 Å². The third kappa shape index (κ3) is 4.32. The molecule has 0 aliphatic carbocycles. The van der Waals surface area contributed by atoms with Crippen LogP contribution >= 0.6 is 0 Å². The standard InChI is InChI=1S/C22H31N3O3/c1-6-28-19-9-7-16(13-20(19)27-5)8-10-21(26)24-12-11-18-17(15-24)14-23-25(18)22(2,3)4/h7,9,13-14H,6,8,10-12,15H2,1-5H3. The topological polar surface area (TPSA) is 56.6 Å². The number of hydrogen-bond donors (Lipinski definition) is 0. The lowest BCUT2D eigenvalue weighted by Gasteiger charge is -2.30. The Morgan fingerprint density at radius 1 is 1.25 bits per heavy atom. The van der Waals surface area contributed by atoms with E-state index in [1.165, 1.54) is 5.69 Å². The summed E-state index contributed by atoms with van der Waals surface area (Å²) in [6.45, 7) is 10.4. The number of nitrogens with zero attached hydrogens (tertiary/aromatic N) is 3. The maximum Gasteiger partial charge on any atom is 0.223 e. The monoisotopic (exact) mass is 385 g/mol. The highest BCUT2D eigenvalue weighted by atomic mass is 16.5. The van der Waals surface area contributed by atoms with Crippen LogP contribution in [-0.2, 0) is 29.7 Å². The maximum atomic E-state index is 12.8. The number of ether oxygens (including phenoxy) is 2. The molecule has 2 heterocycles. The van der Waals surface area contributed by atoms with E-state index in [4.69, 9.17) is 9.47 Å². The predicted molar refractivity (Wildman–Crippen MR) is 109 cm³/mol. The van der Waals surface area contributed by atoms with Crippen molar-refractivity contribution in [1.29, 1.82) is 0 Å². The zero-order valence-electron chi connectivity index (χ0n) is 17.6. The Morgan fingerprint density at radius 3 is 2.71 bits per heavy atom. The summed E-state index contributed by atoms with van der Waals surface area (Å²) in [5, 5.41) is 4.55. The predicted octanol–water partition coefficient (Wildman–Crippen LogP) is 3.56. The minimum Gasteiger partial charge on any atom is -0.493 e. The summed E-state index contributed by atoms with van der Waals surface area (Å²) < 4.78 is 13.0. The van der Waals surface area contributed by atoms with E-state index >= 15 is 0 Å². The minimum absolute atomic E-state index is 0.0352. The zero-order valence-corrected chi connectivity index (χ0v) is 17.6. The van der Waals surface area contributed by atoms with Crippen LogP contribution < -0.4 is 9.47 Å². The van der Waals surface area contributed by atoms with E-state index in [2.05, 4.69) is 30.6 Å². The molecule has 152 valence electrons. The molecule has 1 amide bonds. The molecule has 28 heavy (non-hydrogen) atoms. The lowest BCUT2D eigenvalue weighted by Crippen LogP contribution is -2.37. The van der Waals surface area contributed by atoms with Gasteiger partial charge in [0.25, 0.3) is 0 Å². The van der Waals surface area contributed by atoms with Gasteiger partial charge < -0.3 is 14.4 Å². The first-order chi connectivity index (χ1) is 13.3. The van der Waals surface area contributed by atoms with Gasteiger partial charge in [0.05, 0.1) is 25.5 Å². The van der Waals surface area contributed by atoms with Crippen molar-refractivity contribution in [2.45, 2.75) is 59.0 Å². The van der Waals surface area contributed by atoms with Crippen LogP contribution in [0.3, 0.4) is 0 Å². The second-order valence-corrected chi connectivity index (χ2v) is 8.18. The Morgan fingerprint density at radius 2 is 2.04 bits per heavy atom. The Kier molecular flexibility index (Phi) is 5.96. The lowest BCUT2D eigenvalue weighted by molar-refractivity contribution is -0.132. The highest BCUT2D eigenvalue weighted by molar-refractivity contribution is 5.76. The first-order valence-electron chi connectivity index (χ1n) is 9.97. The van der Waals surface area contributed by atoms with Crippen molar-refractivity contribution in [2.75, 3.05) is 20.3 Å². The van der Waals surface area contributed by atoms with E-state index in [-0.39, 0.29) is 11.4 Å². The first kappa shape index (κ1) is 20.2. The van der Waals surface area contributed by atoms with E-state index < -0.39 is 0 Å². The van der Waals surface area contributed by atoms with Crippen LogP contribution in [0.25, 0.3) is 0 Å². The summed E-state index contributed by atoms with van der Waals surface area (Å²) in [5.74, 6) is 1.63. The molecule has 0 saturated carbocycles. The molecule has 1 aromatic heterocycles. The van der Waals surface area contributed by atoms with Gasteiger partial charge in [0.15, 0.2) is 11.5 Å². The van der Waals surface area contributed by atoms with Gasteiger partial charge in [0, 0.05) is 37.2 Å². The molecule has 6 nitrogen and oxygen atoms in total. The summed E-state index contributed by atoms with van der Waals surface area (Å²) in [7, 11) is 1.63. The molecular formula is C22H31N3O3. The summed E-state index contributed by atoms with van der Waals surface area (Å²) >= 11 is 0. The van der Waals surface area contributed by atoms with E-state index in [0.29, 0.717) is 31.7 Å². The van der Waals surface area contributed by atoms with Gasteiger partial charge in [-0.15, -0.1) is 0 Å². The molecule has 0 unspecified atom stereocenters.